The van der Waals surface area contributed by atoms with Gasteiger partial charge in [0.05, 0.1) is 5.02 Å². The van der Waals surface area contributed by atoms with Crippen LogP contribution in [0.5, 0.6) is 11.5 Å². The lowest BCUT2D eigenvalue weighted by atomic mass is 10.3. The lowest BCUT2D eigenvalue weighted by Gasteiger charge is -2.10. The molecular formula is C13H12ClNOS. The lowest BCUT2D eigenvalue weighted by molar-refractivity contribution is 0.471. The maximum atomic E-state index is 6.06. The molecule has 0 bridgehead atoms. The maximum absolute atomic E-state index is 6.06. The molecule has 0 spiro atoms. The highest BCUT2D eigenvalue weighted by Gasteiger charge is 2.06. The first-order valence-corrected chi connectivity index (χ1v) is 6.67. The smallest absolute Gasteiger partial charge is 0.146 e. The molecule has 0 aliphatic rings. The average molecular weight is 266 g/mol. The number of benzene rings is 2. The molecule has 0 radical (unpaired) electrons. The molecule has 88 valence electrons. The van der Waals surface area contributed by atoms with Gasteiger partial charge in [-0.1, -0.05) is 23.7 Å². The summed E-state index contributed by atoms with van der Waals surface area (Å²) >= 11 is 7.69. The first-order chi connectivity index (χ1) is 8.20. The number of anilines is 1. The largest absolute Gasteiger partial charge is 0.455 e. The number of rotatable bonds is 3. The van der Waals surface area contributed by atoms with Crippen molar-refractivity contribution in [1.82, 2.24) is 0 Å². The van der Waals surface area contributed by atoms with Gasteiger partial charge >= 0.3 is 0 Å². The van der Waals surface area contributed by atoms with Gasteiger partial charge in [-0.05, 0) is 36.6 Å². The minimum Gasteiger partial charge on any atom is -0.455 e. The molecule has 0 atom stereocenters. The van der Waals surface area contributed by atoms with Crippen LogP contribution < -0.4 is 10.5 Å². The molecule has 17 heavy (non-hydrogen) atoms. The van der Waals surface area contributed by atoms with Crippen LogP contribution in [0.3, 0.4) is 0 Å². The fraction of sp³-hybridized carbons (Fsp3) is 0.0769. The van der Waals surface area contributed by atoms with Gasteiger partial charge in [0.1, 0.15) is 11.5 Å². The molecule has 0 aliphatic heterocycles. The van der Waals surface area contributed by atoms with Gasteiger partial charge in [0.2, 0.25) is 0 Å². The van der Waals surface area contributed by atoms with Gasteiger partial charge in [-0.25, -0.2) is 0 Å². The van der Waals surface area contributed by atoms with Crippen LogP contribution in [0.25, 0.3) is 0 Å². The van der Waals surface area contributed by atoms with Crippen molar-refractivity contribution in [2.45, 2.75) is 4.90 Å². The van der Waals surface area contributed by atoms with E-state index in [9.17, 15) is 0 Å². The van der Waals surface area contributed by atoms with Crippen molar-refractivity contribution in [2.24, 2.45) is 0 Å². The highest BCUT2D eigenvalue weighted by atomic mass is 35.5. The van der Waals surface area contributed by atoms with Crippen molar-refractivity contribution >= 4 is 29.1 Å². The van der Waals surface area contributed by atoms with Crippen LogP contribution in [-0.2, 0) is 0 Å². The molecule has 0 fully saturated rings. The Kier molecular flexibility index (Phi) is 3.82. The Bertz CT molecular complexity index is 531. The van der Waals surface area contributed by atoms with E-state index in [0.717, 1.165) is 10.6 Å². The monoisotopic (exact) mass is 265 g/mol. The van der Waals surface area contributed by atoms with Crippen LogP contribution in [-0.4, -0.2) is 6.26 Å². The van der Waals surface area contributed by atoms with Crippen LogP contribution >= 0.6 is 23.4 Å². The molecule has 2 aromatic carbocycles. The Balaban J connectivity index is 2.31. The lowest BCUT2D eigenvalue weighted by Crippen LogP contribution is -1.89. The van der Waals surface area contributed by atoms with Crippen LogP contribution in [0.1, 0.15) is 0 Å². The van der Waals surface area contributed by atoms with E-state index in [2.05, 4.69) is 0 Å². The zero-order valence-corrected chi connectivity index (χ0v) is 10.9. The minimum absolute atomic E-state index is 0.515. The number of nitrogen functional groups attached to an aromatic ring is 1. The molecule has 0 saturated heterocycles. The normalized spacial score (nSPS) is 10.2. The average Bonchev–Trinajstić information content (AvgIpc) is 2.33. The van der Waals surface area contributed by atoms with Crippen LogP contribution in [0.4, 0.5) is 5.69 Å². The van der Waals surface area contributed by atoms with E-state index >= 15 is 0 Å². The summed E-state index contributed by atoms with van der Waals surface area (Å²) in [5.41, 5.74) is 6.26. The van der Waals surface area contributed by atoms with Crippen molar-refractivity contribution in [3.8, 4) is 11.5 Å². The van der Waals surface area contributed by atoms with Gasteiger partial charge in [0.15, 0.2) is 0 Å². The second kappa shape index (κ2) is 5.34. The fourth-order valence-electron chi connectivity index (χ4n) is 1.42. The summed E-state index contributed by atoms with van der Waals surface area (Å²) in [5, 5.41) is 0.515. The van der Waals surface area contributed by atoms with Gasteiger partial charge in [-0.2, -0.15) is 0 Å². The van der Waals surface area contributed by atoms with Gasteiger partial charge in [0, 0.05) is 10.6 Å². The van der Waals surface area contributed by atoms with E-state index in [1.807, 2.05) is 30.5 Å². The van der Waals surface area contributed by atoms with Crippen molar-refractivity contribution in [3.05, 3.63) is 47.5 Å². The molecule has 0 aliphatic carbocycles. The summed E-state index contributed by atoms with van der Waals surface area (Å²) in [7, 11) is 0. The number of nitrogens with two attached hydrogens (primary N) is 1. The Morgan fingerprint density at radius 2 is 1.88 bits per heavy atom. The van der Waals surface area contributed by atoms with E-state index in [1.54, 1.807) is 30.0 Å². The quantitative estimate of drug-likeness (QED) is 0.658. The number of halogens is 1. The van der Waals surface area contributed by atoms with Crippen molar-refractivity contribution in [3.63, 3.8) is 0 Å². The Morgan fingerprint density at radius 3 is 2.59 bits per heavy atom. The van der Waals surface area contributed by atoms with Crippen molar-refractivity contribution < 1.29 is 4.74 Å². The molecule has 0 unspecified atom stereocenters. The zero-order chi connectivity index (χ0) is 12.3. The molecular weight excluding hydrogens is 254 g/mol. The first kappa shape index (κ1) is 12.1. The van der Waals surface area contributed by atoms with Crippen LogP contribution in [0.15, 0.2) is 47.4 Å². The third kappa shape index (κ3) is 2.87. The molecule has 4 heteroatoms. The zero-order valence-electron chi connectivity index (χ0n) is 9.31. The summed E-state index contributed by atoms with van der Waals surface area (Å²) in [6.07, 6.45) is 2.01. The van der Waals surface area contributed by atoms with E-state index < -0.39 is 0 Å². The molecule has 2 aromatic rings. The van der Waals surface area contributed by atoms with Crippen LogP contribution in [0.2, 0.25) is 5.02 Å². The van der Waals surface area contributed by atoms with E-state index in [4.69, 9.17) is 22.1 Å². The second-order valence-corrected chi connectivity index (χ2v) is 4.70. The molecule has 2 rings (SSSR count). The Labute approximate surface area is 110 Å². The molecule has 0 heterocycles. The van der Waals surface area contributed by atoms with Crippen molar-refractivity contribution in [1.29, 1.82) is 0 Å². The number of ether oxygens (including phenoxy) is 1. The van der Waals surface area contributed by atoms with Crippen molar-refractivity contribution in [2.75, 3.05) is 12.0 Å². The summed E-state index contributed by atoms with van der Waals surface area (Å²) < 4.78 is 5.78. The highest BCUT2D eigenvalue weighted by molar-refractivity contribution is 7.98. The van der Waals surface area contributed by atoms with Gasteiger partial charge in [0.25, 0.3) is 0 Å². The van der Waals surface area contributed by atoms with Gasteiger partial charge < -0.3 is 10.5 Å². The van der Waals surface area contributed by atoms with Gasteiger partial charge in [-0.15, -0.1) is 11.8 Å². The molecule has 0 saturated carbocycles. The number of hydrogen-bond donors (Lipinski definition) is 1. The standard InChI is InChI=1S/C13H12ClNOS/c1-17-13-5-3-2-4-12(13)16-11-7-6-9(15)8-10(11)14/h2-8H,15H2,1H3. The predicted molar refractivity (Wildman–Crippen MR) is 74.2 cm³/mol. The third-order valence-corrected chi connectivity index (χ3v) is 3.32. The SMILES string of the molecule is CSc1ccccc1Oc1ccc(N)cc1Cl. The Morgan fingerprint density at radius 1 is 1.12 bits per heavy atom. The highest BCUT2D eigenvalue weighted by Crippen LogP contribution is 2.35. The number of hydrogen-bond acceptors (Lipinski definition) is 3. The molecule has 2 nitrogen and oxygen atoms in total. The topological polar surface area (TPSA) is 35.2 Å². The first-order valence-electron chi connectivity index (χ1n) is 5.06. The summed E-state index contributed by atoms with van der Waals surface area (Å²) in [5.74, 6) is 1.41. The summed E-state index contributed by atoms with van der Waals surface area (Å²) in [6, 6.07) is 13.0. The van der Waals surface area contributed by atoms with Crippen LogP contribution in [0, 0.1) is 0 Å². The molecule has 0 aromatic heterocycles. The molecule has 0 amide bonds. The third-order valence-electron chi connectivity index (χ3n) is 2.24. The number of para-hydroxylation sites is 1. The van der Waals surface area contributed by atoms with E-state index in [1.165, 1.54) is 0 Å². The maximum Gasteiger partial charge on any atom is 0.146 e. The minimum atomic E-state index is 0.515. The Hall–Kier alpha value is -1.32. The summed E-state index contributed by atoms with van der Waals surface area (Å²) in [6.45, 7) is 0. The van der Waals surface area contributed by atoms with Gasteiger partial charge in [-0.3, -0.25) is 0 Å². The van der Waals surface area contributed by atoms with E-state index in [0.29, 0.717) is 16.5 Å². The second-order valence-electron chi connectivity index (χ2n) is 3.44. The molecule has 2 N–H and O–H groups in total. The number of thioether (sulfide) groups is 1. The fourth-order valence-corrected chi connectivity index (χ4v) is 2.17. The summed E-state index contributed by atoms with van der Waals surface area (Å²) in [4.78, 5) is 1.07. The predicted octanol–water partition coefficient (Wildman–Crippen LogP) is 4.44. The van der Waals surface area contributed by atoms with E-state index in [-0.39, 0.29) is 0 Å².